The molecular formula is C37H46F2N4O6. The van der Waals surface area contributed by atoms with Crippen molar-refractivity contribution in [2.24, 2.45) is 23.2 Å². The molecule has 0 unspecified atom stereocenters. The van der Waals surface area contributed by atoms with Gasteiger partial charge in [-0.25, -0.2) is 23.5 Å². The number of ether oxygens (including phenoxy) is 3. The van der Waals surface area contributed by atoms with Gasteiger partial charge < -0.3 is 19.1 Å². The normalized spacial score (nSPS) is 28.4. The van der Waals surface area contributed by atoms with Gasteiger partial charge in [0.05, 0.1) is 48.0 Å². The van der Waals surface area contributed by atoms with Crippen molar-refractivity contribution in [1.82, 2.24) is 14.9 Å². The zero-order valence-electron chi connectivity index (χ0n) is 29.3. The fraction of sp³-hybridized carbons (Fsp3) is 0.622. The number of esters is 2. The van der Waals surface area contributed by atoms with Crippen LogP contribution in [0.4, 0.5) is 8.78 Å². The number of fused-ring (bicyclic) bond motifs is 5. The number of halogens is 2. The third kappa shape index (κ3) is 8.54. The molecule has 0 radical (unpaired) electrons. The average Bonchev–Trinajstić information content (AvgIpc) is 3.62. The van der Waals surface area contributed by atoms with E-state index < -0.39 is 65.2 Å². The molecule has 1 amide bonds. The number of hydrogen-bond acceptors (Lipinski definition) is 9. The number of benzene rings is 1. The molecule has 5 rings (SSSR count). The van der Waals surface area contributed by atoms with Crippen molar-refractivity contribution in [2.45, 2.75) is 117 Å². The molecule has 6 atom stereocenters. The quantitative estimate of drug-likeness (QED) is 0.263. The second-order valence-corrected chi connectivity index (χ2v) is 15.6. The first kappa shape index (κ1) is 36.1. The highest BCUT2D eigenvalue weighted by atomic mass is 19.3. The number of carbonyl (C=O) groups excluding carboxylic acids is 3. The van der Waals surface area contributed by atoms with E-state index in [1.54, 1.807) is 26.8 Å². The molecule has 2 aliphatic heterocycles. The van der Waals surface area contributed by atoms with Gasteiger partial charge in [-0.05, 0) is 82.1 Å². The molecular weight excluding hydrogens is 634 g/mol. The van der Waals surface area contributed by atoms with Crippen LogP contribution in [0.2, 0.25) is 0 Å². The molecule has 264 valence electrons. The summed E-state index contributed by atoms with van der Waals surface area (Å²) < 4.78 is 48.9. The molecule has 1 saturated carbocycles. The molecule has 49 heavy (non-hydrogen) atoms. The Bertz CT molecular complexity index is 1670. The third-order valence-electron chi connectivity index (χ3n) is 9.41. The van der Waals surface area contributed by atoms with Crippen molar-refractivity contribution in [3.63, 3.8) is 0 Å². The number of carbonyl (C=O) groups is 3. The van der Waals surface area contributed by atoms with E-state index in [1.165, 1.54) is 23.1 Å². The Labute approximate surface area is 286 Å². The van der Waals surface area contributed by atoms with Gasteiger partial charge in [-0.1, -0.05) is 33.8 Å². The van der Waals surface area contributed by atoms with Crippen LogP contribution in [-0.2, 0) is 30.3 Å². The highest BCUT2D eigenvalue weighted by Gasteiger charge is 2.53. The van der Waals surface area contributed by atoms with E-state index in [2.05, 4.69) is 9.97 Å². The van der Waals surface area contributed by atoms with Gasteiger partial charge in [0.1, 0.15) is 29.5 Å². The van der Waals surface area contributed by atoms with E-state index in [0.29, 0.717) is 36.8 Å². The number of allylic oxidation sites excluding steroid dienone is 2. The maximum absolute atomic E-state index is 15.5. The van der Waals surface area contributed by atoms with Crippen molar-refractivity contribution in [3.8, 4) is 11.9 Å². The van der Waals surface area contributed by atoms with Crippen LogP contribution in [0, 0.1) is 34.5 Å². The zero-order chi connectivity index (χ0) is 35.9. The van der Waals surface area contributed by atoms with Crippen LogP contribution in [0.25, 0.3) is 11.0 Å². The largest absolute Gasteiger partial charge is 0.471 e. The third-order valence-corrected chi connectivity index (χ3v) is 9.41. The smallest absolute Gasteiger partial charge is 0.329 e. The summed E-state index contributed by atoms with van der Waals surface area (Å²) in [5, 5.41) is 9.47. The Morgan fingerprint density at radius 3 is 2.49 bits per heavy atom. The first-order valence-corrected chi connectivity index (χ1v) is 17.0. The minimum atomic E-state index is -3.30. The summed E-state index contributed by atoms with van der Waals surface area (Å²) in [5.41, 5.74) is -0.724. The number of nitrogens with zero attached hydrogens (tertiary/aromatic N) is 4. The average molecular weight is 681 g/mol. The first-order chi connectivity index (χ1) is 22.9. The molecule has 0 N–H and O–H groups in total. The number of nitriles is 1. The summed E-state index contributed by atoms with van der Waals surface area (Å²) in [5.74, 6) is -6.41. The predicted octanol–water partition coefficient (Wildman–Crippen LogP) is 6.34. The fourth-order valence-corrected chi connectivity index (χ4v) is 6.74. The van der Waals surface area contributed by atoms with E-state index >= 15 is 8.78 Å². The van der Waals surface area contributed by atoms with E-state index in [4.69, 9.17) is 14.2 Å². The molecule has 2 bridgehead atoms. The Morgan fingerprint density at radius 1 is 1.10 bits per heavy atom. The minimum Gasteiger partial charge on any atom is -0.471 e. The van der Waals surface area contributed by atoms with Crippen molar-refractivity contribution in [1.29, 1.82) is 5.26 Å². The SMILES string of the molecule is CC[C@@H]1[C@@H]2CN(C(=O)[C@H](C(C)(C)C)CC(=O)O[C@@H]3C[C@H]3CC/C=C/C(F)(F)Cc3nc4ccc(C#N)cc4nc3O2)[C@@H]1C(=O)OC(C)(C)C. The minimum absolute atomic E-state index is 0.0546. The molecule has 2 aromatic rings. The van der Waals surface area contributed by atoms with Gasteiger partial charge in [-0.2, -0.15) is 5.26 Å². The Kier molecular flexibility index (Phi) is 10.1. The zero-order valence-corrected chi connectivity index (χ0v) is 29.3. The molecule has 12 heteroatoms. The van der Waals surface area contributed by atoms with Crippen LogP contribution in [0.5, 0.6) is 5.88 Å². The van der Waals surface area contributed by atoms with Gasteiger partial charge in [-0.15, -0.1) is 0 Å². The van der Waals surface area contributed by atoms with Gasteiger partial charge in [-0.3, -0.25) is 9.59 Å². The number of aromatic nitrogens is 2. The van der Waals surface area contributed by atoms with Crippen LogP contribution in [0.15, 0.2) is 30.4 Å². The second kappa shape index (κ2) is 13.6. The molecule has 1 saturated heterocycles. The van der Waals surface area contributed by atoms with Crippen molar-refractivity contribution in [2.75, 3.05) is 6.54 Å². The lowest BCUT2D eigenvalue weighted by atomic mass is 9.77. The lowest BCUT2D eigenvalue weighted by Crippen LogP contribution is -2.50. The second-order valence-electron chi connectivity index (χ2n) is 15.6. The fourth-order valence-electron chi connectivity index (χ4n) is 6.74. The monoisotopic (exact) mass is 680 g/mol. The number of hydrogen-bond donors (Lipinski definition) is 0. The summed E-state index contributed by atoms with van der Waals surface area (Å²) in [6.07, 6.45) is 2.08. The molecule has 3 heterocycles. The van der Waals surface area contributed by atoms with Gasteiger partial charge >= 0.3 is 11.9 Å². The summed E-state index contributed by atoms with van der Waals surface area (Å²) in [6, 6.07) is 5.56. The molecule has 3 aliphatic rings. The molecule has 2 fully saturated rings. The standard InChI is InChI=1S/C37H46F2N4O6/c1-8-23-29-20-43(31(23)34(46)49-36(5,6)7)33(45)24(35(2,3)4)17-30(44)47-28-16-22(28)11-9-10-14-37(38,39)18-27-32(48-29)42-26-15-21(19-40)12-13-25(26)41-27/h10,12-15,22-24,28-29,31H,8-9,11,16-18,20H2,1-7H3/b14-10+/t22-,23-,24-,28-,29+,31+/m1/s1. The molecule has 1 aliphatic carbocycles. The van der Waals surface area contributed by atoms with Crippen molar-refractivity contribution in [3.05, 3.63) is 41.6 Å². The maximum Gasteiger partial charge on any atom is 0.329 e. The summed E-state index contributed by atoms with van der Waals surface area (Å²) in [4.78, 5) is 52.1. The topological polar surface area (TPSA) is 132 Å². The molecule has 10 nitrogen and oxygen atoms in total. The van der Waals surface area contributed by atoms with E-state index in [9.17, 15) is 19.6 Å². The van der Waals surface area contributed by atoms with Crippen LogP contribution in [0.1, 0.15) is 91.8 Å². The molecule has 1 aromatic carbocycles. The Morgan fingerprint density at radius 2 is 1.84 bits per heavy atom. The Hall–Kier alpha value is -4.14. The molecule has 1 aromatic heterocycles. The molecule has 0 spiro atoms. The number of amides is 1. The van der Waals surface area contributed by atoms with E-state index in [1.807, 2.05) is 33.8 Å². The van der Waals surface area contributed by atoms with Gasteiger partial charge in [0, 0.05) is 5.92 Å². The maximum atomic E-state index is 15.5. The number of rotatable bonds is 2. The van der Waals surface area contributed by atoms with Crippen LogP contribution in [-0.4, -0.2) is 69.0 Å². The van der Waals surface area contributed by atoms with Crippen LogP contribution < -0.4 is 4.74 Å². The highest BCUT2D eigenvalue weighted by Crippen LogP contribution is 2.41. The lowest BCUT2D eigenvalue weighted by Gasteiger charge is -2.35. The van der Waals surface area contributed by atoms with Gasteiger partial charge in [0.25, 0.3) is 5.92 Å². The summed E-state index contributed by atoms with van der Waals surface area (Å²) >= 11 is 0. The highest BCUT2D eigenvalue weighted by molar-refractivity contribution is 5.90. The van der Waals surface area contributed by atoms with E-state index in [0.717, 1.165) is 6.08 Å². The van der Waals surface area contributed by atoms with Crippen molar-refractivity contribution >= 4 is 28.9 Å². The van der Waals surface area contributed by atoms with E-state index in [-0.39, 0.29) is 42.1 Å². The number of alkyl halides is 2. The van der Waals surface area contributed by atoms with Gasteiger partial charge in [0.15, 0.2) is 0 Å². The predicted molar refractivity (Wildman–Crippen MR) is 176 cm³/mol. The summed E-state index contributed by atoms with van der Waals surface area (Å²) in [7, 11) is 0. The summed E-state index contributed by atoms with van der Waals surface area (Å²) in [6.45, 7) is 12.5. The van der Waals surface area contributed by atoms with Crippen molar-refractivity contribution < 1.29 is 37.4 Å². The van der Waals surface area contributed by atoms with Crippen LogP contribution in [0.3, 0.4) is 0 Å². The Balaban J connectivity index is 1.62. The first-order valence-electron chi connectivity index (χ1n) is 17.0. The van der Waals surface area contributed by atoms with Gasteiger partial charge in [0.2, 0.25) is 11.8 Å². The van der Waals surface area contributed by atoms with Crippen LogP contribution >= 0.6 is 0 Å². The lowest BCUT2D eigenvalue weighted by molar-refractivity contribution is -0.167.